The Hall–Kier alpha value is -1.72. The molecule has 0 saturated carbocycles. The van der Waals surface area contributed by atoms with Crippen molar-refractivity contribution in [3.8, 4) is 0 Å². The molecule has 6 heteroatoms. The maximum Gasteiger partial charge on any atom is 0.416 e. The van der Waals surface area contributed by atoms with Gasteiger partial charge < -0.3 is 9.64 Å². The molecule has 22 heavy (non-hydrogen) atoms. The molecule has 1 aromatic rings. The number of benzene rings is 1. The SMILES string of the molecule is C[C@@H]1c2ccc(C(F)(F)F)cc2CCN1C(=O)OC(C)(C)C. The summed E-state index contributed by atoms with van der Waals surface area (Å²) in [6, 6.07) is 3.40. The third-order valence-electron chi connectivity index (χ3n) is 3.64. The van der Waals surface area contributed by atoms with Crippen molar-refractivity contribution in [2.75, 3.05) is 6.54 Å². The molecule has 2 rings (SSSR count). The Morgan fingerprint density at radius 3 is 2.45 bits per heavy atom. The highest BCUT2D eigenvalue weighted by Crippen LogP contribution is 2.35. The van der Waals surface area contributed by atoms with E-state index >= 15 is 0 Å². The van der Waals surface area contributed by atoms with Crippen molar-refractivity contribution in [3.05, 3.63) is 34.9 Å². The highest BCUT2D eigenvalue weighted by molar-refractivity contribution is 5.69. The number of ether oxygens (including phenoxy) is 1. The third kappa shape index (κ3) is 3.54. The maximum atomic E-state index is 12.8. The summed E-state index contributed by atoms with van der Waals surface area (Å²) in [7, 11) is 0. The Morgan fingerprint density at radius 1 is 1.27 bits per heavy atom. The number of rotatable bonds is 0. The Labute approximate surface area is 128 Å². The molecule has 1 aliphatic heterocycles. The van der Waals surface area contributed by atoms with Gasteiger partial charge in [-0.1, -0.05) is 6.07 Å². The van der Waals surface area contributed by atoms with E-state index in [9.17, 15) is 18.0 Å². The summed E-state index contributed by atoms with van der Waals surface area (Å²) in [5.74, 6) is 0. The van der Waals surface area contributed by atoms with Crippen molar-refractivity contribution in [1.82, 2.24) is 4.90 Å². The van der Waals surface area contributed by atoms with Gasteiger partial charge in [-0.2, -0.15) is 13.2 Å². The van der Waals surface area contributed by atoms with Gasteiger partial charge in [-0.15, -0.1) is 0 Å². The second-order valence-electron chi connectivity index (χ2n) is 6.51. The van der Waals surface area contributed by atoms with Crippen LogP contribution in [0.15, 0.2) is 18.2 Å². The van der Waals surface area contributed by atoms with E-state index in [0.717, 1.165) is 11.6 Å². The van der Waals surface area contributed by atoms with Crippen molar-refractivity contribution in [2.24, 2.45) is 0 Å². The van der Waals surface area contributed by atoms with E-state index < -0.39 is 23.4 Å². The largest absolute Gasteiger partial charge is 0.444 e. The molecule has 3 nitrogen and oxygen atoms in total. The molecule has 0 N–H and O–H groups in total. The van der Waals surface area contributed by atoms with Gasteiger partial charge >= 0.3 is 12.3 Å². The number of carbonyl (C=O) groups is 1. The van der Waals surface area contributed by atoms with Crippen LogP contribution in [0.25, 0.3) is 0 Å². The van der Waals surface area contributed by atoms with E-state index in [1.54, 1.807) is 32.6 Å². The molecule has 0 saturated heterocycles. The first-order chi connectivity index (χ1) is 9.99. The van der Waals surface area contributed by atoms with Crippen LogP contribution in [0.2, 0.25) is 0 Å². The minimum absolute atomic E-state index is 0.305. The molecule has 1 aromatic carbocycles. The fraction of sp³-hybridized carbons (Fsp3) is 0.562. The average Bonchev–Trinajstić information content (AvgIpc) is 2.35. The van der Waals surface area contributed by atoms with Crippen LogP contribution >= 0.6 is 0 Å². The summed E-state index contributed by atoms with van der Waals surface area (Å²) < 4.78 is 43.6. The van der Waals surface area contributed by atoms with Crippen LogP contribution in [0, 0.1) is 0 Å². The summed E-state index contributed by atoms with van der Waals surface area (Å²) in [4.78, 5) is 13.7. The van der Waals surface area contributed by atoms with E-state index in [-0.39, 0.29) is 6.04 Å². The highest BCUT2D eigenvalue weighted by atomic mass is 19.4. The summed E-state index contributed by atoms with van der Waals surface area (Å²) in [6.07, 6.45) is -4.39. The number of amides is 1. The zero-order valence-electron chi connectivity index (χ0n) is 13.1. The molecule has 0 aromatic heterocycles. The van der Waals surface area contributed by atoms with Crippen LogP contribution in [0.3, 0.4) is 0 Å². The van der Waals surface area contributed by atoms with Gasteiger partial charge in [-0.3, -0.25) is 0 Å². The van der Waals surface area contributed by atoms with Crippen molar-refractivity contribution >= 4 is 6.09 Å². The smallest absolute Gasteiger partial charge is 0.416 e. The van der Waals surface area contributed by atoms with Crippen LogP contribution in [0.1, 0.15) is 50.4 Å². The van der Waals surface area contributed by atoms with Crippen LogP contribution in [0.5, 0.6) is 0 Å². The molecular formula is C16H20F3NO2. The highest BCUT2D eigenvalue weighted by Gasteiger charge is 2.34. The number of alkyl halides is 3. The predicted molar refractivity (Wildman–Crippen MR) is 76.5 cm³/mol. The number of fused-ring (bicyclic) bond motifs is 1. The van der Waals surface area contributed by atoms with E-state index in [1.807, 2.05) is 0 Å². The van der Waals surface area contributed by atoms with Crippen molar-refractivity contribution in [1.29, 1.82) is 0 Å². The molecule has 1 aliphatic rings. The first-order valence-electron chi connectivity index (χ1n) is 7.18. The minimum atomic E-state index is -4.35. The second kappa shape index (κ2) is 5.48. The molecule has 0 fully saturated rings. The van der Waals surface area contributed by atoms with Gasteiger partial charge in [0, 0.05) is 6.54 Å². The quantitative estimate of drug-likeness (QED) is 0.702. The number of carbonyl (C=O) groups excluding carboxylic acids is 1. The minimum Gasteiger partial charge on any atom is -0.444 e. The van der Waals surface area contributed by atoms with E-state index in [4.69, 9.17) is 4.74 Å². The summed E-state index contributed by atoms with van der Waals surface area (Å²) in [5.41, 5.74) is 0.133. The van der Waals surface area contributed by atoms with Crippen LogP contribution in [-0.2, 0) is 17.3 Å². The lowest BCUT2D eigenvalue weighted by Crippen LogP contribution is -2.42. The van der Waals surface area contributed by atoms with Gasteiger partial charge in [0.1, 0.15) is 5.60 Å². The summed E-state index contributed by atoms with van der Waals surface area (Å²) >= 11 is 0. The summed E-state index contributed by atoms with van der Waals surface area (Å²) in [5, 5.41) is 0. The fourth-order valence-electron chi connectivity index (χ4n) is 2.58. The molecule has 0 aliphatic carbocycles. The van der Waals surface area contributed by atoms with Gasteiger partial charge in [0.15, 0.2) is 0 Å². The van der Waals surface area contributed by atoms with E-state index in [2.05, 4.69) is 0 Å². The first-order valence-corrected chi connectivity index (χ1v) is 7.18. The molecular weight excluding hydrogens is 295 g/mol. The Balaban J connectivity index is 2.24. The number of nitrogens with zero attached hydrogens (tertiary/aromatic N) is 1. The van der Waals surface area contributed by atoms with Crippen molar-refractivity contribution < 1.29 is 22.7 Å². The third-order valence-corrected chi connectivity index (χ3v) is 3.64. The lowest BCUT2D eigenvalue weighted by atomic mass is 9.92. The lowest BCUT2D eigenvalue weighted by Gasteiger charge is -2.36. The topological polar surface area (TPSA) is 29.5 Å². The van der Waals surface area contributed by atoms with E-state index in [1.165, 1.54) is 12.1 Å². The number of hydrogen-bond acceptors (Lipinski definition) is 2. The molecule has 0 spiro atoms. The summed E-state index contributed by atoms with van der Waals surface area (Å²) in [6.45, 7) is 7.49. The molecule has 122 valence electrons. The van der Waals surface area contributed by atoms with Gasteiger partial charge in [0.2, 0.25) is 0 Å². The zero-order chi connectivity index (χ0) is 16.7. The van der Waals surface area contributed by atoms with Crippen LogP contribution in [-0.4, -0.2) is 23.1 Å². The van der Waals surface area contributed by atoms with Crippen LogP contribution in [0.4, 0.5) is 18.0 Å². The van der Waals surface area contributed by atoms with Crippen LogP contribution < -0.4 is 0 Å². The van der Waals surface area contributed by atoms with E-state index in [0.29, 0.717) is 18.5 Å². The van der Waals surface area contributed by atoms with Gasteiger partial charge in [-0.05, 0) is 57.4 Å². The second-order valence-corrected chi connectivity index (χ2v) is 6.51. The lowest BCUT2D eigenvalue weighted by molar-refractivity contribution is -0.137. The predicted octanol–water partition coefficient (Wildman–Crippen LogP) is 4.56. The molecule has 1 amide bonds. The Bertz CT molecular complexity index is 576. The van der Waals surface area contributed by atoms with Gasteiger partial charge in [0.05, 0.1) is 11.6 Å². The Morgan fingerprint density at radius 2 is 1.91 bits per heavy atom. The first kappa shape index (κ1) is 16.6. The Kier molecular flexibility index (Phi) is 4.15. The molecule has 1 heterocycles. The van der Waals surface area contributed by atoms with Crippen molar-refractivity contribution in [3.63, 3.8) is 0 Å². The zero-order valence-corrected chi connectivity index (χ0v) is 13.1. The van der Waals surface area contributed by atoms with Gasteiger partial charge in [0.25, 0.3) is 0 Å². The molecule has 0 bridgehead atoms. The normalized spacial score (nSPS) is 18.9. The standard InChI is InChI=1S/C16H20F3NO2/c1-10-13-6-5-12(16(17,18)19)9-11(13)7-8-20(10)14(21)22-15(2,3)4/h5-6,9-10H,7-8H2,1-4H3/t10-/m1/s1. The number of halogens is 3. The van der Waals surface area contributed by atoms with Crippen molar-refractivity contribution in [2.45, 2.75) is 51.9 Å². The maximum absolute atomic E-state index is 12.8. The molecule has 0 unspecified atom stereocenters. The molecule has 0 radical (unpaired) electrons. The fourth-order valence-corrected chi connectivity index (χ4v) is 2.58. The van der Waals surface area contributed by atoms with Gasteiger partial charge in [-0.25, -0.2) is 4.79 Å². The average molecular weight is 315 g/mol. The number of hydrogen-bond donors (Lipinski definition) is 0. The molecule has 1 atom stereocenters. The monoisotopic (exact) mass is 315 g/mol.